The number of nitrogens with one attached hydrogen (secondary N) is 2. The largest absolute Gasteiger partial charge is 0.379 e. The summed E-state index contributed by atoms with van der Waals surface area (Å²) in [5.41, 5.74) is 0.709. The lowest BCUT2D eigenvalue weighted by Gasteiger charge is -2.27. The standard InChI is InChI=1S/C21H21N7O3S/c22-17-14(19(29)25-21-23-4-12-32-21)13-15-18(24-16-3-1-2-5-27(16)20(15)30)28(17)7-6-26-8-10-31-11-9-26/h1-5,12-13,22H,6-11H2,(H,23,25,29). The van der Waals surface area contributed by atoms with Crippen LogP contribution in [0.25, 0.3) is 16.7 Å². The van der Waals surface area contributed by atoms with Gasteiger partial charge in [-0.25, -0.2) is 9.97 Å². The van der Waals surface area contributed by atoms with E-state index in [4.69, 9.17) is 10.1 Å². The molecule has 164 valence electrons. The van der Waals surface area contributed by atoms with Crippen molar-refractivity contribution in [2.75, 3.05) is 38.2 Å². The normalized spacial score (nSPS) is 14.8. The molecule has 0 saturated carbocycles. The minimum Gasteiger partial charge on any atom is -0.379 e. The van der Waals surface area contributed by atoms with Gasteiger partial charge in [0.1, 0.15) is 16.8 Å². The first-order valence-corrected chi connectivity index (χ1v) is 11.1. The van der Waals surface area contributed by atoms with Crippen molar-refractivity contribution in [2.45, 2.75) is 6.54 Å². The van der Waals surface area contributed by atoms with E-state index in [2.05, 4.69) is 20.2 Å². The minimum atomic E-state index is -0.482. The van der Waals surface area contributed by atoms with Crippen LogP contribution >= 0.6 is 11.3 Å². The minimum absolute atomic E-state index is 0.00648. The van der Waals surface area contributed by atoms with Gasteiger partial charge in [0.15, 0.2) is 5.13 Å². The lowest BCUT2D eigenvalue weighted by atomic mass is 10.2. The number of nitrogens with zero attached hydrogens (tertiary/aromatic N) is 5. The second-order valence-electron chi connectivity index (χ2n) is 7.39. The van der Waals surface area contributed by atoms with E-state index >= 15 is 0 Å². The number of thiazole rings is 1. The summed E-state index contributed by atoms with van der Waals surface area (Å²) in [6, 6.07) is 6.77. The summed E-state index contributed by atoms with van der Waals surface area (Å²) in [4.78, 5) is 37.2. The fourth-order valence-electron chi connectivity index (χ4n) is 3.79. The highest BCUT2D eigenvalue weighted by atomic mass is 32.1. The first kappa shape index (κ1) is 20.5. The molecule has 0 spiro atoms. The van der Waals surface area contributed by atoms with Gasteiger partial charge in [0, 0.05) is 44.0 Å². The van der Waals surface area contributed by atoms with Gasteiger partial charge in [0.05, 0.1) is 24.2 Å². The number of ether oxygens (including phenoxy) is 1. The summed E-state index contributed by atoms with van der Waals surface area (Å²) < 4.78 is 8.50. The molecule has 2 N–H and O–H groups in total. The number of carbonyl (C=O) groups is 1. The van der Waals surface area contributed by atoms with Gasteiger partial charge in [-0.15, -0.1) is 11.3 Å². The predicted octanol–water partition coefficient (Wildman–Crippen LogP) is 1.17. The molecule has 1 aliphatic heterocycles. The molecule has 0 atom stereocenters. The molecule has 5 rings (SSSR count). The second kappa shape index (κ2) is 8.61. The van der Waals surface area contributed by atoms with Crippen molar-refractivity contribution >= 4 is 39.1 Å². The Hall–Kier alpha value is -3.41. The fourth-order valence-corrected chi connectivity index (χ4v) is 4.32. The maximum Gasteiger partial charge on any atom is 0.267 e. The van der Waals surface area contributed by atoms with Crippen molar-refractivity contribution in [2.24, 2.45) is 0 Å². The first-order chi connectivity index (χ1) is 15.6. The Bertz CT molecular complexity index is 1400. The van der Waals surface area contributed by atoms with Crippen LogP contribution in [0.2, 0.25) is 0 Å². The molecule has 0 aromatic carbocycles. The fraction of sp³-hybridized carbons (Fsp3) is 0.286. The highest BCUT2D eigenvalue weighted by molar-refractivity contribution is 7.13. The molecule has 0 aliphatic carbocycles. The summed E-state index contributed by atoms with van der Waals surface area (Å²) in [5.74, 6) is -0.482. The molecule has 4 aromatic heterocycles. The van der Waals surface area contributed by atoms with Crippen LogP contribution in [-0.4, -0.2) is 62.6 Å². The van der Waals surface area contributed by atoms with Gasteiger partial charge in [-0.2, -0.15) is 0 Å². The van der Waals surface area contributed by atoms with E-state index in [0.29, 0.717) is 42.7 Å². The number of anilines is 1. The van der Waals surface area contributed by atoms with Gasteiger partial charge in [-0.3, -0.25) is 29.6 Å². The molecule has 0 bridgehead atoms. The lowest BCUT2D eigenvalue weighted by molar-refractivity contribution is 0.0363. The van der Waals surface area contributed by atoms with Gasteiger partial charge >= 0.3 is 0 Å². The zero-order chi connectivity index (χ0) is 22.1. The second-order valence-corrected chi connectivity index (χ2v) is 8.28. The number of pyridine rings is 2. The highest BCUT2D eigenvalue weighted by Gasteiger charge is 2.19. The molecule has 1 saturated heterocycles. The van der Waals surface area contributed by atoms with Crippen LogP contribution in [-0.2, 0) is 11.3 Å². The smallest absolute Gasteiger partial charge is 0.267 e. The third-order valence-electron chi connectivity index (χ3n) is 5.46. The molecule has 0 unspecified atom stereocenters. The van der Waals surface area contributed by atoms with Crippen LogP contribution in [0.1, 0.15) is 10.4 Å². The van der Waals surface area contributed by atoms with Crippen molar-refractivity contribution < 1.29 is 9.53 Å². The van der Waals surface area contributed by atoms with Crippen LogP contribution in [0.15, 0.2) is 46.8 Å². The zero-order valence-corrected chi connectivity index (χ0v) is 18.0. The van der Waals surface area contributed by atoms with Crippen molar-refractivity contribution in [3.8, 4) is 0 Å². The molecular weight excluding hydrogens is 430 g/mol. The monoisotopic (exact) mass is 451 g/mol. The third-order valence-corrected chi connectivity index (χ3v) is 6.15. The van der Waals surface area contributed by atoms with Crippen molar-refractivity contribution in [3.05, 3.63) is 63.4 Å². The number of amides is 1. The summed E-state index contributed by atoms with van der Waals surface area (Å²) >= 11 is 1.29. The van der Waals surface area contributed by atoms with E-state index in [1.807, 2.05) is 6.07 Å². The van der Waals surface area contributed by atoms with E-state index in [1.54, 1.807) is 34.5 Å². The van der Waals surface area contributed by atoms with Crippen LogP contribution in [0.5, 0.6) is 0 Å². The van der Waals surface area contributed by atoms with E-state index in [1.165, 1.54) is 21.8 Å². The molecule has 1 fully saturated rings. The molecule has 11 heteroatoms. The van der Waals surface area contributed by atoms with Gasteiger partial charge in [-0.1, -0.05) is 6.07 Å². The maximum absolute atomic E-state index is 13.2. The number of fused-ring (bicyclic) bond motifs is 2. The van der Waals surface area contributed by atoms with Crippen molar-refractivity contribution in [1.29, 1.82) is 5.41 Å². The molecule has 5 heterocycles. The Labute approximate surface area is 186 Å². The average molecular weight is 452 g/mol. The van der Waals surface area contributed by atoms with Gasteiger partial charge < -0.3 is 9.30 Å². The molecule has 10 nitrogen and oxygen atoms in total. The Kier molecular flexibility index (Phi) is 5.52. The van der Waals surface area contributed by atoms with E-state index < -0.39 is 5.91 Å². The van der Waals surface area contributed by atoms with Crippen LogP contribution in [0, 0.1) is 5.41 Å². The number of hydrogen-bond acceptors (Lipinski definition) is 8. The molecule has 1 aliphatic rings. The first-order valence-electron chi connectivity index (χ1n) is 10.2. The van der Waals surface area contributed by atoms with Crippen LogP contribution in [0.3, 0.4) is 0 Å². The van der Waals surface area contributed by atoms with E-state index in [9.17, 15) is 9.59 Å². The Morgan fingerprint density at radius 2 is 2.09 bits per heavy atom. The van der Waals surface area contributed by atoms with E-state index in [-0.39, 0.29) is 22.0 Å². The topological polar surface area (TPSA) is 118 Å². The molecular formula is C21H21N7O3S. The molecule has 1 amide bonds. The number of rotatable bonds is 5. The van der Waals surface area contributed by atoms with Gasteiger partial charge in [0.2, 0.25) is 0 Å². The number of aromatic nitrogens is 4. The van der Waals surface area contributed by atoms with Crippen LogP contribution in [0.4, 0.5) is 5.13 Å². The summed E-state index contributed by atoms with van der Waals surface area (Å²) in [6.07, 6.45) is 3.24. The van der Waals surface area contributed by atoms with Crippen molar-refractivity contribution in [1.82, 2.24) is 23.8 Å². The van der Waals surface area contributed by atoms with Gasteiger partial charge in [-0.05, 0) is 18.2 Å². The number of carbonyl (C=O) groups excluding carboxylic acids is 1. The van der Waals surface area contributed by atoms with Crippen molar-refractivity contribution in [3.63, 3.8) is 0 Å². The van der Waals surface area contributed by atoms with Crippen LogP contribution < -0.4 is 16.4 Å². The highest BCUT2D eigenvalue weighted by Crippen LogP contribution is 2.14. The maximum atomic E-state index is 13.2. The lowest BCUT2D eigenvalue weighted by Crippen LogP contribution is -2.40. The SMILES string of the molecule is N=c1c(C(=O)Nc2nccs2)cc2c(=O)n3ccccc3nc2n1CCN1CCOCC1. The summed E-state index contributed by atoms with van der Waals surface area (Å²) in [7, 11) is 0. The summed E-state index contributed by atoms with van der Waals surface area (Å²) in [6.45, 7) is 4.01. The molecule has 0 radical (unpaired) electrons. The molecule has 32 heavy (non-hydrogen) atoms. The number of hydrogen-bond donors (Lipinski definition) is 2. The Morgan fingerprint density at radius 3 is 2.88 bits per heavy atom. The summed E-state index contributed by atoms with van der Waals surface area (Å²) in [5, 5.41) is 14.0. The number of morpholine rings is 1. The predicted molar refractivity (Wildman–Crippen MR) is 120 cm³/mol. The van der Waals surface area contributed by atoms with E-state index in [0.717, 1.165) is 13.1 Å². The zero-order valence-electron chi connectivity index (χ0n) is 17.2. The Balaban J connectivity index is 1.64. The quantitative estimate of drug-likeness (QED) is 0.440. The van der Waals surface area contributed by atoms with Gasteiger partial charge in [0.25, 0.3) is 11.5 Å². The average Bonchev–Trinajstić information content (AvgIpc) is 3.32. The molecule has 4 aromatic rings. The Morgan fingerprint density at radius 1 is 1.25 bits per heavy atom. The third kappa shape index (κ3) is 3.81.